The van der Waals surface area contributed by atoms with E-state index < -0.39 is 6.04 Å². The van der Waals surface area contributed by atoms with Crippen molar-refractivity contribution in [2.75, 3.05) is 24.2 Å². The highest BCUT2D eigenvalue weighted by Gasteiger charge is 2.20. The summed E-state index contributed by atoms with van der Waals surface area (Å²) in [6, 6.07) is 13.0. The summed E-state index contributed by atoms with van der Waals surface area (Å²) in [6.45, 7) is 5.93. The summed E-state index contributed by atoms with van der Waals surface area (Å²) in [5, 5.41) is 5.79. The molecule has 144 valence electrons. The second-order valence-electron chi connectivity index (χ2n) is 6.64. The van der Waals surface area contributed by atoms with E-state index in [9.17, 15) is 9.59 Å². The van der Waals surface area contributed by atoms with Crippen LogP contribution in [-0.4, -0.2) is 36.3 Å². The molecule has 2 aromatic carbocycles. The molecule has 2 amide bonds. The van der Waals surface area contributed by atoms with E-state index in [1.54, 1.807) is 18.9 Å². The molecule has 0 spiro atoms. The Bertz CT molecular complexity index is 806. The van der Waals surface area contributed by atoms with Crippen molar-refractivity contribution < 1.29 is 9.59 Å². The van der Waals surface area contributed by atoms with Crippen LogP contribution in [0.5, 0.6) is 0 Å². The van der Waals surface area contributed by atoms with Gasteiger partial charge >= 0.3 is 0 Å². The quantitative estimate of drug-likeness (QED) is 0.689. The van der Waals surface area contributed by atoms with E-state index in [4.69, 9.17) is 0 Å². The van der Waals surface area contributed by atoms with Gasteiger partial charge in [-0.2, -0.15) is 0 Å². The maximum absolute atomic E-state index is 12.5. The van der Waals surface area contributed by atoms with Crippen molar-refractivity contribution in [2.45, 2.75) is 33.2 Å². The van der Waals surface area contributed by atoms with E-state index in [2.05, 4.69) is 33.5 Å². The number of nitrogens with zero attached hydrogens (tertiary/aromatic N) is 1. The molecule has 2 N–H and O–H groups in total. The monoisotopic (exact) mass is 431 g/mol. The summed E-state index contributed by atoms with van der Waals surface area (Å²) in [7, 11) is 1.76. The third-order valence-corrected chi connectivity index (χ3v) is 5.02. The lowest BCUT2D eigenvalue weighted by Gasteiger charge is -2.23. The lowest BCUT2D eigenvalue weighted by atomic mass is 10.1. The highest BCUT2D eigenvalue weighted by atomic mass is 79.9. The summed E-state index contributed by atoms with van der Waals surface area (Å²) in [6.07, 6.45) is 0.959. The average molecular weight is 432 g/mol. The minimum Gasteiger partial charge on any atom is -0.325 e. The Labute approximate surface area is 169 Å². The number of hydrogen-bond donors (Lipinski definition) is 2. The normalized spacial score (nSPS) is 11.9. The SMILES string of the molecule is CCc1ccc(NC(=O)C(C)N(C)CC(=O)Nc2ccc(Br)cc2C)cc1. The van der Waals surface area contributed by atoms with E-state index in [0.29, 0.717) is 0 Å². The van der Waals surface area contributed by atoms with Gasteiger partial charge in [0.05, 0.1) is 12.6 Å². The Kier molecular flexibility index (Phi) is 7.56. The summed E-state index contributed by atoms with van der Waals surface area (Å²) < 4.78 is 0.965. The van der Waals surface area contributed by atoms with E-state index in [1.165, 1.54) is 5.56 Å². The van der Waals surface area contributed by atoms with Crippen LogP contribution in [0.4, 0.5) is 11.4 Å². The lowest BCUT2D eigenvalue weighted by Crippen LogP contribution is -2.43. The van der Waals surface area contributed by atoms with Gasteiger partial charge in [0, 0.05) is 15.8 Å². The van der Waals surface area contributed by atoms with Crippen molar-refractivity contribution in [1.82, 2.24) is 4.90 Å². The number of likely N-dealkylation sites (N-methyl/N-ethyl adjacent to an activating group) is 1. The van der Waals surface area contributed by atoms with Crippen LogP contribution in [0.3, 0.4) is 0 Å². The maximum Gasteiger partial charge on any atom is 0.241 e. The minimum atomic E-state index is -0.437. The molecular formula is C21H26BrN3O2. The van der Waals surface area contributed by atoms with E-state index in [0.717, 1.165) is 27.8 Å². The van der Waals surface area contributed by atoms with Gasteiger partial charge in [-0.1, -0.05) is 35.0 Å². The number of nitrogens with one attached hydrogen (secondary N) is 2. The average Bonchev–Trinajstić information content (AvgIpc) is 2.64. The van der Waals surface area contributed by atoms with Crippen molar-refractivity contribution in [3.63, 3.8) is 0 Å². The molecule has 0 aliphatic carbocycles. The van der Waals surface area contributed by atoms with Gasteiger partial charge in [0.15, 0.2) is 0 Å². The summed E-state index contributed by atoms with van der Waals surface area (Å²) in [5.41, 5.74) is 3.72. The number of carbonyl (C=O) groups is 2. The number of halogens is 1. The fourth-order valence-corrected chi connectivity index (χ4v) is 3.07. The van der Waals surface area contributed by atoms with Crippen molar-refractivity contribution >= 4 is 39.1 Å². The molecule has 0 heterocycles. The summed E-state index contributed by atoms with van der Waals surface area (Å²) >= 11 is 3.41. The van der Waals surface area contributed by atoms with Gasteiger partial charge in [0.2, 0.25) is 11.8 Å². The second kappa shape index (κ2) is 9.67. The highest BCUT2D eigenvalue weighted by molar-refractivity contribution is 9.10. The molecule has 0 aromatic heterocycles. The zero-order valence-electron chi connectivity index (χ0n) is 16.2. The van der Waals surface area contributed by atoms with Crippen LogP contribution in [0.15, 0.2) is 46.9 Å². The van der Waals surface area contributed by atoms with Gasteiger partial charge in [0.1, 0.15) is 0 Å². The van der Waals surface area contributed by atoms with E-state index >= 15 is 0 Å². The first-order chi connectivity index (χ1) is 12.8. The molecule has 0 aliphatic rings. The van der Waals surface area contributed by atoms with Gasteiger partial charge < -0.3 is 10.6 Å². The maximum atomic E-state index is 12.5. The standard InChI is InChI=1S/C21H26BrN3O2/c1-5-16-6-9-18(10-7-16)23-21(27)15(3)25(4)13-20(26)24-19-11-8-17(22)12-14(19)2/h6-12,15H,5,13H2,1-4H3,(H,23,27)(H,24,26). The van der Waals surface area contributed by atoms with E-state index in [-0.39, 0.29) is 18.4 Å². The second-order valence-corrected chi connectivity index (χ2v) is 7.55. The molecule has 5 nitrogen and oxygen atoms in total. The molecule has 6 heteroatoms. The topological polar surface area (TPSA) is 61.4 Å². The van der Waals surface area contributed by atoms with Gasteiger partial charge in [0.25, 0.3) is 0 Å². The molecule has 0 fully saturated rings. The first kappa shape index (κ1) is 21.1. The summed E-state index contributed by atoms with van der Waals surface area (Å²) in [5.74, 6) is -0.302. The number of rotatable bonds is 7. The van der Waals surface area contributed by atoms with Crippen LogP contribution in [0, 0.1) is 6.92 Å². The molecule has 0 bridgehead atoms. The molecular weight excluding hydrogens is 406 g/mol. The molecule has 0 saturated carbocycles. The van der Waals surface area contributed by atoms with Gasteiger partial charge in [-0.3, -0.25) is 14.5 Å². The Hall–Kier alpha value is -2.18. The van der Waals surface area contributed by atoms with E-state index in [1.807, 2.05) is 49.4 Å². The fraction of sp³-hybridized carbons (Fsp3) is 0.333. The predicted molar refractivity (Wildman–Crippen MR) is 114 cm³/mol. The lowest BCUT2D eigenvalue weighted by molar-refractivity contribution is -0.122. The third-order valence-electron chi connectivity index (χ3n) is 4.53. The zero-order chi connectivity index (χ0) is 20.0. The first-order valence-electron chi connectivity index (χ1n) is 8.96. The van der Waals surface area contributed by atoms with Crippen LogP contribution in [0.2, 0.25) is 0 Å². The predicted octanol–water partition coefficient (Wildman–Crippen LogP) is 4.22. The van der Waals surface area contributed by atoms with Crippen LogP contribution in [-0.2, 0) is 16.0 Å². The molecule has 0 saturated heterocycles. The van der Waals surface area contributed by atoms with Crippen LogP contribution >= 0.6 is 15.9 Å². The zero-order valence-corrected chi connectivity index (χ0v) is 17.8. The number of aryl methyl sites for hydroxylation is 2. The van der Waals surface area contributed by atoms with Crippen LogP contribution in [0.1, 0.15) is 25.0 Å². The Morgan fingerprint density at radius 3 is 2.37 bits per heavy atom. The van der Waals surface area contributed by atoms with Crippen molar-refractivity contribution in [3.8, 4) is 0 Å². The van der Waals surface area contributed by atoms with Crippen LogP contribution < -0.4 is 10.6 Å². The van der Waals surface area contributed by atoms with Crippen molar-refractivity contribution in [2.24, 2.45) is 0 Å². The number of hydrogen-bond acceptors (Lipinski definition) is 3. The molecule has 2 rings (SSSR count). The highest BCUT2D eigenvalue weighted by Crippen LogP contribution is 2.20. The number of benzene rings is 2. The van der Waals surface area contributed by atoms with Gasteiger partial charge in [-0.05, 0) is 68.8 Å². The Balaban J connectivity index is 1.90. The Morgan fingerprint density at radius 2 is 1.78 bits per heavy atom. The first-order valence-corrected chi connectivity index (χ1v) is 9.75. The molecule has 0 aliphatic heterocycles. The van der Waals surface area contributed by atoms with Crippen molar-refractivity contribution in [1.29, 1.82) is 0 Å². The number of amides is 2. The molecule has 1 atom stereocenters. The third kappa shape index (κ3) is 6.19. The number of anilines is 2. The van der Waals surface area contributed by atoms with Crippen LogP contribution in [0.25, 0.3) is 0 Å². The largest absolute Gasteiger partial charge is 0.325 e. The number of carbonyl (C=O) groups excluding carboxylic acids is 2. The van der Waals surface area contributed by atoms with Gasteiger partial charge in [-0.25, -0.2) is 0 Å². The fourth-order valence-electron chi connectivity index (χ4n) is 2.59. The van der Waals surface area contributed by atoms with Gasteiger partial charge in [-0.15, -0.1) is 0 Å². The Morgan fingerprint density at radius 1 is 1.11 bits per heavy atom. The molecule has 2 aromatic rings. The summed E-state index contributed by atoms with van der Waals surface area (Å²) in [4.78, 5) is 26.5. The molecule has 0 radical (unpaired) electrons. The smallest absolute Gasteiger partial charge is 0.241 e. The van der Waals surface area contributed by atoms with Crippen molar-refractivity contribution in [3.05, 3.63) is 58.1 Å². The minimum absolute atomic E-state index is 0.124. The molecule has 1 unspecified atom stereocenters. The molecule has 27 heavy (non-hydrogen) atoms.